The fourth-order valence-electron chi connectivity index (χ4n) is 2.41. The summed E-state index contributed by atoms with van der Waals surface area (Å²) in [6.07, 6.45) is 6.47. The van der Waals surface area contributed by atoms with E-state index in [4.69, 9.17) is 9.52 Å². The lowest BCUT2D eigenvalue weighted by Gasteiger charge is -2.35. The number of aliphatic carboxylic acids is 1. The van der Waals surface area contributed by atoms with Crippen LogP contribution in [0.15, 0.2) is 23.0 Å². The first kappa shape index (κ1) is 12.7. The maximum Gasteiger partial charge on any atom is 0.303 e. The van der Waals surface area contributed by atoms with E-state index in [9.17, 15) is 9.59 Å². The predicted octanol–water partition coefficient (Wildman–Crippen LogP) is 2.14. The fraction of sp³-hybridized carbons (Fsp3) is 0.538. The Morgan fingerprint density at radius 3 is 2.94 bits per heavy atom. The maximum absolute atomic E-state index is 12.2. The second-order valence-corrected chi connectivity index (χ2v) is 4.59. The second kappa shape index (κ2) is 5.71. The highest BCUT2D eigenvalue weighted by atomic mass is 16.4. The van der Waals surface area contributed by atoms with Crippen LogP contribution in [0, 0.1) is 0 Å². The molecule has 0 unspecified atom stereocenters. The van der Waals surface area contributed by atoms with Crippen LogP contribution in [-0.4, -0.2) is 34.5 Å². The first-order chi connectivity index (χ1) is 8.68. The average molecular weight is 251 g/mol. The molecule has 2 heterocycles. The highest BCUT2D eigenvalue weighted by Crippen LogP contribution is 2.23. The van der Waals surface area contributed by atoms with Gasteiger partial charge in [0.15, 0.2) is 0 Å². The van der Waals surface area contributed by atoms with E-state index in [1.54, 1.807) is 11.0 Å². The molecule has 0 aromatic carbocycles. The SMILES string of the molecule is O=C(O)CC[C@@H]1CCCCN1C(=O)c1ccoc1. The minimum absolute atomic E-state index is 0.0391. The lowest BCUT2D eigenvalue weighted by Crippen LogP contribution is -2.43. The van der Waals surface area contributed by atoms with Crippen molar-refractivity contribution in [1.82, 2.24) is 4.90 Å². The summed E-state index contributed by atoms with van der Waals surface area (Å²) in [6.45, 7) is 0.703. The molecule has 1 fully saturated rings. The molecule has 1 amide bonds. The van der Waals surface area contributed by atoms with Crippen molar-refractivity contribution in [1.29, 1.82) is 0 Å². The van der Waals surface area contributed by atoms with Gasteiger partial charge in [0.1, 0.15) is 6.26 Å². The van der Waals surface area contributed by atoms with Crippen molar-refractivity contribution in [3.8, 4) is 0 Å². The van der Waals surface area contributed by atoms with Crippen molar-refractivity contribution < 1.29 is 19.1 Å². The van der Waals surface area contributed by atoms with Gasteiger partial charge in [-0.25, -0.2) is 0 Å². The van der Waals surface area contributed by atoms with Gasteiger partial charge in [0, 0.05) is 19.0 Å². The highest BCUT2D eigenvalue weighted by Gasteiger charge is 2.28. The number of furan rings is 1. The van der Waals surface area contributed by atoms with Crippen LogP contribution < -0.4 is 0 Å². The Labute approximate surface area is 105 Å². The van der Waals surface area contributed by atoms with Gasteiger partial charge in [0.05, 0.1) is 11.8 Å². The Morgan fingerprint density at radius 2 is 2.28 bits per heavy atom. The molecular weight excluding hydrogens is 234 g/mol. The molecule has 1 aliphatic heterocycles. The quantitative estimate of drug-likeness (QED) is 0.890. The van der Waals surface area contributed by atoms with Crippen LogP contribution in [0.4, 0.5) is 0 Å². The smallest absolute Gasteiger partial charge is 0.303 e. The molecule has 2 rings (SSSR count). The summed E-state index contributed by atoms with van der Waals surface area (Å²) in [7, 11) is 0. The van der Waals surface area contributed by atoms with Gasteiger partial charge in [-0.2, -0.15) is 0 Å². The van der Waals surface area contributed by atoms with E-state index in [2.05, 4.69) is 0 Å². The molecule has 98 valence electrons. The summed E-state index contributed by atoms with van der Waals surface area (Å²) in [4.78, 5) is 24.7. The monoisotopic (exact) mass is 251 g/mol. The standard InChI is InChI=1S/C13H17NO4/c15-12(16)5-4-11-3-1-2-7-14(11)13(17)10-6-8-18-9-10/h6,8-9,11H,1-5,7H2,(H,15,16)/t11-/m0/s1. The molecular formula is C13H17NO4. The number of carboxylic acid groups (broad SMARTS) is 1. The van der Waals surface area contributed by atoms with Gasteiger partial charge in [0.25, 0.3) is 5.91 Å². The molecule has 0 radical (unpaired) electrons. The van der Waals surface area contributed by atoms with E-state index >= 15 is 0 Å². The highest BCUT2D eigenvalue weighted by molar-refractivity contribution is 5.94. The minimum atomic E-state index is -0.809. The van der Waals surface area contributed by atoms with Gasteiger partial charge in [-0.1, -0.05) is 0 Å². The molecule has 1 aromatic heterocycles. The van der Waals surface area contributed by atoms with Gasteiger partial charge in [-0.3, -0.25) is 9.59 Å². The zero-order chi connectivity index (χ0) is 13.0. The summed E-state index contributed by atoms with van der Waals surface area (Å²) in [5.41, 5.74) is 0.539. The zero-order valence-corrected chi connectivity index (χ0v) is 10.2. The van der Waals surface area contributed by atoms with Crippen molar-refractivity contribution in [2.45, 2.75) is 38.1 Å². The van der Waals surface area contributed by atoms with Crippen LogP contribution in [0.1, 0.15) is 42.5 Å². The number of carbonyl (C=O) groups excluding carboxylic acids is 1. The van der Waals surface area contributed by atoms with Crippen molar-refractivity contribution >= 4 is 11.9 Å². The van der Waals surface area contributed by atoms with Crippen LogP contribution >= 0.6 is 0 Å². The minimum Gasteiger partial charge on any atom is -0.481 e. The molecule has 1 saturated heterocycles. The molecule has 5 nitrogen and oxygen atoms in total. The van der Waals surface area contributed by atoms with Crippen LogP contribution in [0.5, 0.6) is 0 Å². The number of amides is 1. The van der Waals surface area contributed by atoms with Crippen molar-refractivity contribution in [3.05, 3.63) is 24.2 Å². The maximum atomic E-state index is 12.2. The molecule has 1 aromatic rings. The van der Waals surface area contributed by atoms with Crippen LogP contribution in [-0.2, 0) is 4.79 Å². The molecule has 0 saturated carbocycles. The number of carbonyl (C=O) groups is 2. The van der Waals surface area contributed by atoms with Crippen LogP contribution in [0.25, 0.3) is 0 Å². The predicted molar refractivity (Wildman–Crippen MR) is 64.3 cm³/mol. The third-order valence-corrected chi connectivity index (χ3v) is 3.35. The van der Waals surface area contributed by atoms with Gasteiger partial charge in [-0.05, 0) is 31.7 Å². The summed E-state index contributed by atoms with van der Waals surface area (Å²) in [5, 5.41) is 8.73. The molecule has 18 heavy (non-hydrogen) atoms. The second-order valence-electron chi connectivity index (χ2n) is 4.59. The summed E-state index contributed by atoms with van der Waals surface area (Å²) in [6, 6.07) is 1.68. The van der Waals surface area contributed by atoms with Crippen LogP contribution in [0.2, 0.25) is 0 Å². The molecule has 1 aliphatic rings. The fourth-order valence-corrected chi connectivity index (χ4v) is 2.41. The molecule has 0 spiro atoms. The third kappa shape index (κ3) is 2.91. The number of hydrogen-bond donors (Lipinski definition) is 1. The number of rotatable bonds is 4. The van der Waals surface area contributed by atoms with E-state index in [-0.39, 0.29) is 18.4 Å². The Morgan fingerprint density at radius 1 is 1.44 bits per heavy atom. The molecule has 1 N–H and O–H groups in total. The van der Waals surface area contributed by atoms with E-state index < -0.39 is 5.97 Å². The van der Waals surface area contributed by atoms with E-state index in [0.717, 1.165) is 19.3 Å². The van der Waals surface area contributed by atoms with Gasteiger partial charge in [0.2, 0.25) is 0 Å². The summed E-state index contributed by atoms with van der Waals surface area (Å²) >= 11 is 0. The first-order valence-corrected chi connectivity index (χ1v) is 6.23. The molecule has 0 bridgehead atoms. The first-order valence-electron chi connectivity index (χ1n) is 6.23. The molecule has 5 heteroatoms. The largest absolute Gasteiger partial charge is 0.481 e. The Balaban J connectivity index is 2.03. The number of carboxylic acids is 1. The van der Waals surface area contributed by atoms with E-state index in [1.807, 2.05) is 0 Å². The van der Waals surface area contributed by atoms with Gasteiger partial charge >= 0.3 is 5.97 Å². The van der Waals surface area contributed by atoms with Gasteiger partial charge < -0.3 is 14.4 Å². The van der Waals surface area contributed by atoms with Crippen molar-refractivity contribution in [3.63, 3.8) is 0 Å². The third-order valence-electron chi connectivity index (χ3n) is 3.35. The number of hydrogen-bond acceptors (Lipinski definition) is 3. The van der Waals surface area contributed by atoms with E-state index in [1.165, 1.54) is 12.5 Å². The van der Waals surface area contributed by atoms with Crippen molar-refractivity contribution in [2.75, 3.05) is 6.54 Å². The Kier molecular flexibility index (Phi) is 4.02. The zero-order valence-electron chi connectivity index (χ0n) is 10.2. The number of likely N-dealkylation sites (tertiary alicyclic amines) is 1. The number of piperidine rings is 1. The Hall–Kier alpha value is -1.78. The topological polar surface area (TPSA) is 70.8 Å². The molecule has 1 atom stereocenters. The van der Waals surface area contributed by atoms with E-state index in [0.29, 0.717) is 18.5 Å². The normalized spacial score (nSPS) is 19.8. The number of nitrogens with zero attached hydrogens (tertiary/aromatic N) is 1. The summed E-state index contributed by atoms with van der Waals surface area (Å²) in [5.74, 6) is -0.866. The molecule has 0 aliphatic carbocycles. The van der Waals surface area contributed by atoms with Crippen LogP contribution in [0.3, 0.4) is 0 Å². The average Bonchev–Trinajstić information content (AvgIpc) is 2.89. The summed E-state index contributed by atoms with van der Waals surface area (Å²) < 4.78 is 4.92. The lowest BCUT2D eigenvalue weighted by molar-refractivity contribution is -0.137. The Bertz CT molecular complexity index is 413. The van der Waals surface area contributed by atoms with Gasteiger partial charge in [-0.15, -0.1) is 0 Å². The lowest BCUT2D eigenvalue weighted by atomic mass is 9.97. The van der Waals surface area contributed by atoms with Crippen molar-refractivity contribution in [2.24, 2.45) is 0 Å².